The maximum atomic E-state index is 13.5. The number of anilines is 1. The maximum absolute atomic E-state index is 13.5. The Bertz CT molecular complexity index is 487. The molecule has 3 nitrogen and oxygen atoms in total. The van der Waals surface area contributed by atoms with E-state index in [9.17, 15) is 4.39 Å². The van der Waals surface area contributed by atoms with Crippen molar-refractivity contribution in [3.8, 4) is 0 Å². The van der Waals surface area contributed by atoms with Gasteiger partial charge in [0.1, 0.15) is 5.82 Å². The summed E-state index contributed by atoms with van der Waals surface area (Å²) in [6.07, 6.45) is 1.57. The molecule has 5 heteroatoms. The number of nitrogens with zero attached hydrogens (tertiary/aromatic N) is 1. The Kier molecular flexibility index (Phi) is 2.35. The Morgan fingerprint density at radius 1 is 1.36 bits per heavy atom. The molecule has 0 fully saturated rings. The summed E-state index contributed by atoms with van der Waals surface area (Å²) in [4.78, 5) is 3.93. The number of hydrazine groups is 1. The highest BCUT2D eigenvalue weighted by molar-refractivity contribution is 9.10. The molecule has 0 aliphatic carbocycles. The number of hydrogen-bond acceptors (Lipinski definition) is 3. The third-order valence-electron chi connectivity index (χ3n) is 1.96. The van der Waals surface area contributed by atoms with E-state index in [4.69, 9.17) is 5.84 Å². The van der Waals surface area contributed by atoms with E-state index in [2.05, 4.69) is 26.3 Å². The Balaban J connectivity index is 2.92. The topological polar surface area (TPSA) is 50.9 Å². The first-order valence-electron chi connectivity index (χ1n) is 3.93. The molecule has 2 aromatic rings. The van der Waals surface area contributed by atoms with Gasteiger partial charge in [-0.1, -0.05) is 15.9 Å². The van der Waals surface area contributed by atoms with Gasteiger partial charge in [-0.3, -0.25) is 0 Å². The van der Waals surface area contributed by atoms with Gasteiger partial charge in [0.2, 0.25) is 0 Å². The second kappa shape index (κ2) is 3.51. The van der Waals surface area contributed by atoms with Crippen LogP contribution in [0.4, 0.5) is 10.2 Å². The van der Waals surface area contributed by atoms with Gasteiger partial charge >= 0.3 is 0 Å². The molecule has 1 aromatic carbocycles. The summed E-state index contributed by atoms with van der Waals surface area (Å²) in [6, 6.07) is 4.75. The Morgan fingerprint density at radius 2 is 2.14 bits per heavy atom. The van der Waals surface area contributed by atoms with Crippen LogP contribution < -0.4 is 11.3 Å². The lowest BCUT2D eigenvalue weighted by Gasteiger charge is -2.06. The van der Waals surface area contributed by atoms with Crippen LogP contribution in [-0.2, 0) is 0 Å². The van der Waals surface area contributed by atoms with Gasteiger partial charge in [-0.05, 0) is 18.2 Å². The van der Waals surface area contributed by atoms with Crippen LogP contribution in [0.5, 0.6) is 0 Å². The van der Waals surface area contributed by atoms with Gasteiger partial charge in [-0.15, -0.1) is 0 Å². The van der Waals surface area contributed by atoms with Crippen LogP contribution in [-0.4, -0.2) is 4.98 Å². The summed E-state index contributed by atoms with van der Waals surface area (Å²) in [5.74, 6) is 5.23. The fraction of sp³-hybridized carbons (Fsp3) is 0. The molecular formula is C9H7BrFN3. The molecule has 0 atom stereocenters. The Labute approximate surface area is 88.2 Å². The molecule has 0 saturated heterocycles. The molecule has 0 aliphatic heterocycles. The Morgan fingerprint density at radius 3 is 2.86 bits per heavy atom. The van der Waals surface area contributed by atoms with E-state index < -0.39 is 0 Å². The average molecular weight is 256 g/mol. The average Bonchev–Trinajstić information content (AvgIpc) is 2.23. The molecule has 2 rings (SSSR count). The molecule has 14 heavy (non-hydrogen) atoms. The maximum Gasteiger partial charge on any atom is 0.150 e. The molecule has 0 aliphatic rings. The number of nitrogen functional groups attached to an aromatic ring is 1. The van der Waals surface area contributed by atoms with Gasteiger partial charge in [-0.25, -0.2) is 15.2 Å². The Hall–Kier alpha value is -1.20. The summed E-state index contributed by atoms with van der Waals surface area (Å²) in [7, 11) is 0. The number of benzene rings is 1. The van der Waals surface area contributed by atoms with E-state index in [0.29, 0.717) is 11.2 Å². The zero-order chi connectivity index (χ0) is 10.1. The number of pyridine rings is 1. The van der Waals surface area contributed by atoms with Crippen LogP contribution in [0.15, 0.2) is 28.9 Å². The van der Waals surface area contributed by atoms with Crippen molar-refractivity contribution in [2.24, 2.45) is 5.84 Å². The molecule has 72 valence electrons. The highest BCUT2D eigenvalue weighted by atomic mass is 79.9. The predicted molar refractivity (Wildman–Crippen MR) is 57.2 cm³/mol. The van der Waals surface area contributed by atoms with Crippen molar-refractivity contribution in [2.75, 3.05) is 5.43 Å². The van der Waals surface area contributed by atoms with Crippen LogP contribution in [0.25, 0.3) is 10.8 Å². The minimum Gasteiger partial charge on any atom is -0.308 e. The van der Waals surface area contributed by atoms with E-state index in [0.717, 1.165) is 9.86 Å². The molecule has 1 aromatic heterocycles. The summed E-state index contributed by atoms with van der Waals surface area (Å²) in [5, 5.41) is 1.14. The van der Waals surface area contributed by atoms with Crippen molar-refractivity contribution in [3.63, 3.8) is 0 Å². The molecule has 1 heterocycles. The fourth-order valence-electron chi connectivity index (χ4n) is 1.33. The molecule has 0 amide bonds. The van der Waals surface area contributed by atoms with E-state index in [-0.39, 0.29) is 5.82 Å². The van der Waals surface area contributed by atoms with Crippen LogP contribution >= 0.6 is 15.9 Å². The lowest BCUT2D eigenvalue weighted by atomic mass is 10.1. The van der Waals surface area contributed by atoms with Gasteiger partial charge in [0.05, 0.1) is 5.39 Å². The van der Waals surface area contributed by atoms with Crippen LogP contribution in [0.1, 0.15) is 0 Å². The van der Waals surface area contributed by atoms with Crippen LogP contribution in [0.2, 0.25) is 0 Å². The second-order valence-electron chi connectivity index (χ2n) is 2.76. The molecular weight excluding hydrogens is 249 g/mol. The molecule has 3 N–H and O–H groups in total. The largest absolute Gasteiger partial charge is 0.308 e. The lowest BCUT2D eigenvalue weighted by molar-refractivity contribution is 0.639. The summed E-state index contributed by atoms with van der Waals surface area (Å²) >= 11 is 3.33. The van der Waals surface area contributed by atoms with E-state index in [1.165, 1.54) is 6.07 Å². The highest BCUT2D eigenvalue weighted by Gasteiger charge is 2.08. The third-order valence-corrected chi connectivity index (χ3v) is 2.65. The van der Waals surface area contributed by atoms with Crippen molar-refractivity contribution < 1.29 is 4.39 Å². The first-order valence-corrected chi connectivity index (χ1v) is 4.72. The first kappa shape index (κ1) is 9.36. The van der Waals surface area contributed by atoms with Crippen LogP contribution in [0.3, 0.4) is 0 Å². The summed E-state index contributed by atoms with van der Waals surface area (Å²) < 4.78 is 14.3. The van der Waals surface area contributed by atoms with Crippen LogP contribution in [0, 0.1) is 5.82 Å². The monoisotopic (exact) mass is 255 g/mol. The van der Waals surface area contributed by atoms with Gasteiger partial charge in [0, 0.05) is 16.1 Å². The standard InChI is InChI=1S/C9H7BrFN3/c10-6-1-2-7(11)8-5(6)3-4-13-9(8)14-12/h1-4H,12H2,(H,13,14). The van der Waals surface area contributed by atoms with Crippen molar-refractivity contribution in [1.29, 1.82) is 0 Å². The minimum atomic E-state index is -0.343. The SMILES string of the molecule is NNc1nccc2c(Br)ccc(F)c12. The van der Waals surface area contributed by atoms with Crippen molar-refractivity contribution in [2.45, 2.75) is 0 Å². The second-order valence-corrected chi connectivity index (χ2v) is 3.61. The predicted octanol–water partition coefficient (Wildman–Crippen LogP) is 2.42. The van der Waals surface area contributed by atoms with E-state index in [1.807, 2.05) is 0 Å². The summed E-state index contributed by atoms with van der Waals surface area (Å²) in [6.45, 7) is 0. The molecule has 0 spiro atoms. The fourth-order valence-corrected chi connectivity index (χ4v) is 1.79. The minimum absolute atomic E-state index is 0.335. The molecule has 0 unspecified atom stereocenters. The zero-order valence-electron chi connectivity index (χ0n) is 7.09. The number of aromatic nitrogens is 1. The van der Waals surface area contributed by atoms with Crippen molar-refractivity contribution >= 4 is 32.5 Å². The first-order chi connectivity index (χ1) is 6.74. The number of halogens is 2. The number of hydrogen-bond donors (Lipinski definition) is 2. The number of fused-ring (bicyclic) bond motifs is 1. The van der Waals surface area contributed by atoms with Gasteiger partial charge in [0.25, 0.3) is 0 Å². The number of nitrogens with two attached hydrogens (primary N) is 1. The molecule has 0 saturated carbocycles. The zero-order valence-corrected chi connectivity index (χ0v) is 8.68. The number of nitrogens with one attached hydrogen (secondary N) is 1. The van der Waals surface area contributed by atoms with Gasteiger partial charge < -0.3 is 5.43 Å². The summed E-state index contributed by atoms with van der Waals surface area (Å²) in [5.41, 5.74) is 2.37. The van der Waals surface area contributed by atoms with Gasteiger partial charge in [-0.2, -0.15) is 0 Å². The van der Waals surface area contributed by atoms with Crippen molar-refractivity contribution in [3.05, 3.63) is 34.7 Å². The van der Waals surface area contributed by atoms with Gasteiger partial charge in [0.15, 0.2) is 5.82 Å². The quantitative estimate of drug-likeness (QED) is 0.608. The molecule has 0 radical (unpaired) electrons. The van der Waals surface area contributed by atoms with Crippen molar-refractivity contribution in [1.82, 2.24) is 4.98 Å². The van der Waals surface area contributed by atoms with E-state index >= 15 is 0 Å². The lowest BCUT2D eigenvalue weighted by Crippen LogP contribution is -2.09. The number of rotatable bonds is 1. The normalized spacial score (nSPS) is 10.5. The smallest absolute Gasteiger partial charge is 0.150 e. The van der Waals surface area contributed by atoms with E-state index in [1.54, 1.807) is 18.3 Å². The highest BCUT2D eigenvalue weighted by Crippen LogP contribution is 2.29. The third kappa shape index (κ3) is 1.34. The molecule has 0 bridgehead atoms.